The van der Waals surface area contributed by atoms with Crippen LogP contribution in [0.2, 0.25) is 0 Å². The molecule has 0 radical (unpaired) electrons. The maximum absolute atomic E-state index is 12.4. The Labute approximate surface area is 126 Å². The van der Waals surface area contributed by atoms with Gasteiger partial charge in [0.2, 0.25) is 5.91 Å². The summed E-state index contributed by atoms with van der Waals surface area (Å²) in [5, 5.41) is 0. The Kier molecular flexibility index (Phi) is 4.35. The molecule has 0 aromatic heterocycles. The standard InChI is InChI=1S/C17H24N2O2/c1-13-5-7-14(8-6-13)15(20)18-9-11-19(12-10-18)16(21)17(2,3)4/h5-8H,9-12H2,1-4H3. The second kappa shape index (κ2) is 5.88. The van der Waals surface area contributed by atoms with Crippen LogP contribution in [-0.2, 0) is 4.79 Å². The van der Waals surface area contributed by atoms with Crippen molar-refractivity contribution in [1.29, 1.82) is 0 Å². The summed E-state index contributed by atoms with van der Waals surface area (Å²) < 4.78 is 0. The number of hydrogen-bond acceptors (Lipinski definition) is 2. The molecule has 4 heteroatoms. The lowest BCUT2D eigenvalue weighted by molar-refractivity contribution is -0.140. The number of carbonyl (C=O) groups is 2. The molecule has 0 saturated carbocycles. The van der Waals surface area contributed by atoms with E-state index in [4.69, 9.17) is 0 Å². The molecule has 2 amide bonds. The minimum Gasteiger partial charge on any atom is -0.339 e. The van der Waals surface area contributed by atoms with Gasteiger partial charge in [0.25, 0.3) is 5.91 Å². The Balaban J connectivity index is 1.96. The Bertz CT molecular complexity index is 521. The first-order chi connectivity index (χ1) is 9.79. The normalized spacial score (nSPS) is 16.0. The fourth-order valence-electron chi connectivity index (χ4n) is 2.47. The number of benzene rings is 1. The van der Waals surface area contributed by atoms with Gasteiger partial charge in [0.05, 0.1) is 0 Å². The van der Waals surface area contributed by atoms with Crippen molar-refractivity contribution in [1.82, 2.24) is 9.80 Å². The molecule has 4 nitrogen and oxygen atoms in total. The predicted octanol–water partition coefficient (Wildman–Crippen LogP) is 2.33. The zero-order chi connectivity index (χ0) is 15.6. The maximum atomic E-state index is 12.4. The van der Waals surface area contributed by atoms with Gasteiger partial charge in [-0.25, -0.2) is 0 Å². The van der Waals surface area contributed by atoms with Gasteiger partial charge in [-0.2, -0.15) is 0 Å². The summed E-state index contributed by atoms with van der Waals surface area (Å²) >= 11 is 0. The minimum atomic E-state index is -0.358. The van der Waals surface area contributed by atoms with Crippen molar-refractivity contribution in [2.45, 2.75) is 27.7 Å². The number of aryl methyl sites for hydroxylation is 1. The number of hydrogen-bond donors (Lipinski definition) is 0. The van der Waals surface area contributed by atoms with E-state index >= 15 is 0 Å². The smallest absolute Gasteiger partial charge is 0.253 e. The zero-order valence-corrected chi connectivity index (χ0v) is 13.3. The van der Waals surface area contributed by atoms with Gasteiger partial charge in [0.1, 0.15) is 0 Å². The highest BCUT2D eigenvalue weighted by Crippen LogP contribution is 2.19. The van der Waals surface area contributed by atoms with Crippen LogP contribution in [0.4, 0.5) is 0 Å². The van der Waals surface area contributed by atoms with Crippen LogP contribution in [0.5, 0.6) is 0 Å². The van der Waals surface area contributed by atoms with Crippen LogP contribution in [0.3, 0.4) is 0 Å². The van der Waals surface area contributed by atoms with Crippen LogP contribution < -0.4 is 0 Å². The van der Waals surface area contributed by atoms with E-state index in [1.807, 2.05) is 61.8 Å². The van der Waals surface area contributed by atoms with Gasteiger partial charge < -0.3 is 9.80 Å². The van der Waals surface area contributed by atoms with E-state index in [0.29, 0.717) is 26.2 Å². The third-order valence-corrected chi connectivity index (χ3v) is 3.79. The summed E-state index contributed by atoms with van der Waals surface area (Å²) in [7, 11) is 0. The fourth-order valence-corrected chi connectivity index (χ4v) is 2.47. The summed E-state index contributed by atoms with van der Waals surface area (Å²) in [4.78, 5) is 28.3. The van der Waals surface area contributed by atoms with Crippen molar-refractivity contribution in [3.05, 3.63) is 35.4 Å². The van der Waals surface area contributed by atoms with Gasteiger partial charge in [0, 0.05) is 37.2 Å². The molecular weight excluding hydrogens is 264 g/mol. The van der Waals surface area contributed by atoms with E-state index in [1.165, 1.54) is 0 Å². The molecule has 0 N–H and O–H groups in total. The second-order valence-corrected chi connectivity index (χ2v) is 6.70. The molecule has 0 aliphatic carbocycles. The molecule has 0 atom stereocenters. The quantitative estimate of drug-likeness (QED) is 0.796. The van der Waals surface area contributed by atoms with Crippen molar-refractivity contribution < 1.29 is 9.59 Å². The molecule has 1 saturated heterocycles. The summed E-state index contributed by atoms with van der Waals surface area (Å²) in [6.07, 6.45) is 0. The summed E-state index contributed by atoms with van der Waals surface area (Å²) in [6.45, 7) is 10.2. The summed E-state index contributed by atoms with van der Waals surface area (Å²) in [5.74, 6) is 0.211. The molecule has 1 aromatic rings. The summed E-state index contributed by atoms with van der Waals surface area (Å²) in [5.41, 5.74) is 1.51. The first-order valence-corrected chi connectivity index (χ1v) is 7.44. The molecule has 1 heterocycles. The van der Waals surface area contributed by atoms with Crippen LogP contribution in [0.1, 0.15) is 36.7 Å². The zero-order valence-electron chi connectivity index (χ0n) is 13.3. The molecular formula is C17H24N2O2. The SMILES string of the molecule is Cc1ccc(C(=O)N2CCN(C(=O)C(C)(C)C)CC2)cc1. The van der Waals surface area contributed by atoms with Crippen molar-refractivity contribution in [3.8, 4) is 0 Å². The molecule has 2 rings (SSSR count). The number of carbonyl (C=O) groups excluding carboxylic acids is 2. The highest BCUT2D eigenvalue weighted by atomic mass is 16.2. The number of piperazine rings is 1. The van der Waals surface area contributed by atoms with E-state index in [-0.39, 0.29) is 17.2 Å². The molecule has 114 valence electrons. The highest BCUT2D eigenvalue weighted by molar-refractivity contribution is 5.94. The molecule has 21 heavy (non-hydrogen) atoms. The van der Waals surface area contributed by atoms with Gasteiger partial charge >= 0.3 is 0 Å². The van der Waals surface area contributed by atoms with Crippen LogP contribution in [0.25, 0.3) is 0 Å². The lowest BCUT2D eigenvalue weighted by Crippen LogP contribution is -2.53. The molecule has 0 unspecified atom stereocenters. The molecule has 1 aromatic carbocycles. The topological polar surface area (TPSA) is 40.6 Å². The Hall–Kier alpha value is -1.84. The third kappa shape index (κ3) is 3.63. The Morgan fingerprint density at radius 1 is 0.905 bits per heavy atom. The van der Waals surface area contributed by atoms with Crippen molar-refractivity contribution >= 4 is 11.8 Å². The summed E-state index contributed by atoms with van der Waals surface area (Å²) in [6, 6.07) is 7.63. The Morgan fingerprint density at radius 2 is 1.38 bits per heavy atom. The van der Waals surface area contributed by atoms with Gasteiger partial charge in [-0.1, -0.05) is 38.5 Å². The highest BCUT2D eigenvalue weighted by Gasteiger charge is 2.30. The van der Waals surface area contributed by atoms with Crippen molar-refractivity contribution in [2.24, 2.45) is 5.41 Å². The first kappa shape index (κ1) is 15.5. The minimum absolute atomic E-state index is 0.0536. The molecule has 0 spiro atoms. The number of rotatable bonds is 1. The fraction of sp³-hybridized carbons (Fsp3) is 0.529. The Morgan fingerprint density at radius 3 is 1.86 bits per heavy atom. The van der Waals surface area contributed by atoms with Gasteiger partial charge in [-0.3, -0.25) is 9.59 Å². The van der Waals surface area contributed by atoms with Gasteiger partial charge in [0.15, 0.2) is 0 Å². The lowest BCUT2D eigenvalue weighted by Gasteiger charge is -2.37. The van der Waals surface area contributed by atoms with E-state index in [0.717, 1.165) is 11.1 Å². The number of amides is 2. The lowest BCUT2D eigenvalue weighted by atomic mass is 9.94. The van der Waals surface area contributed by atoms with Gasteiger partial charge in [-0.05, 0) is 19.1 Å². The van der Waals surface area contributed by atoms with Gasteiger partial charge in [-0.15, -0.1) is 0 Å². The predicted molar refractivity (Wildman–Crippen MR) is 83.1 cm³/mol. The van der Waals surface area contributed by atoms with Crippen LogP contribution >= 0.6 is 0 Å². The number of nitrogens with zero attached hydrogens (tertiary/aromatic N) is 2. The van der Waals surface area contributed by atoms with Crippen molar-refractivity contribution in [2.75, 3.05) is 26.2 Å². The van der Waals surface area contributed by atoms with Crippen LogP contribution in [0, 0.1) is 12.3 Å². The van der Waals surface area contributed by atoms with E-state index in [1.54, 1.807) is 0 Å². The van der Waals surface area contributed by atoms with E-state index in [9.17, 15) is 9.59 Å². The first-order valence-electron chi connectivity index (χ1n) is 7.44. The molecule has 1 aliphatic rings. The molecule has 1 aliphatic heterocycles. The average molecular weight is 288 g/mol. The van der Waals surface area contributed by atoms with Crippen LogP contribution in [-0.4, -0.2) is 47.8 Å². The average Bonchev–Trinajstić information content (AvgIpc) is 2.46. The molecule has 1 fully saturated rings. The third-order valence-electron chi connectivity index (χ3n) is 3.79. The molecule has 0 bridgehead atoms. The monoisotopic (exact) mass is 288 g/mol. The van der Waals surface area contributed by atoms with E-state index < -0.39 is 0 Å². The second-order valence-electron chi connectivity index (χ2n) is 6.70. The largest absolute Gasteiger partial charge is 0.339 e. The van der Waals surface area contributed by atoms with E-state index in [2.05, 4.69) is 0 Å². The van der Waals surface area contributed by atoms with Crippen molar-refractivity contribution in [3.63, 3.8) is 0 Å². The maximum Gasteiger partial charge on any atom is 0.253 e. The van der Waals surface area contributed by atoms with Crippen LogP contribution in [0.15, 0.2) is 24.3 Å².